The van der Waals surface area contributed by atoms with Gasteiger partial charge in [-0.15, -0.1) is 0 Å². The van der Waals surface area contributed by atoms with Crippen molar-refractivity contribution < 1.29 is 26.6 Å². The van der Waals surface area contributed by atoms with Crippen molar-refractivity contribution in [1.82, 2.24) is 5.32 Å². The van der Waals surface area contributed by atoms with Crippen LogP contribution in [-0.2, 0) is 29.9 Å². The molecule has 1 amide bonds. The zero-order chi connectivity index (χ0) is 26.4. The van der Waals surface area contributed by atoms with Gasteiger partial charge >= 0.3 is 6.09 Å². The number of nitrogens with one attached hydrogen (secondary N) is 1. The molecule has 0 fully saturated rings. The molecule has 0 spiro atoms. The molecule has 1 rings (SSSR count). The molecule has 0 aromatic heterocycles. The van der Waals surface area contributed by atoms with Crippen LogP contribution in [0.5, 0.6) is 0 Å². The number of alkyl carbamates (subject to hydrolysis) is 1. The third-order valence-corrected chi connectivity index (χ3v) is 11.0. The van der Waals surface area contributed by atoms with Crippen molar-refractivity contribution in [2.45, 2.75) is 97.2 Å². The molecule has 0 saturated heterocycles. The van der Waals surface area contributed by atoms with Crippen LogP contribution in [0.2, 0.25) is 18.1 Å². The van der Waals surface area contributed by atoms with E-state index in [4.69, 9.17) is 13.3 Å². The summed E-state index contributed by atoms with van der Waals surface area (Å²) in [5.41, 5.74) is 0.273. The second-order valence-electron chi connectivity index (χ2n) is 11.7. The van der Waals surface area contributed by atoms with E-state index in [-0.39, 0.29) is 11.0 Å². The lowest BCUT2D eigenvalue weighted by atomic mass is 9.94. The fourth-order valence-electron chi connectivity index (χ4n) is 3.13. The maximum Gasteiger partial charge on any atom is 0.407 e. The zero-order valence-electron chi connectivity index (χ0n) is 22.6. The molecular weight excluding hydrogens is 470 g/mol. The maximum atomic E-state index is 12.6. The van der Waals surface area contributed by atoms with E-state index in [0.29, 0.717) is 19.4 Å². The van der Waals surface area contributed by atoms with Gasteiger partial charge in [-0.3, -0.25) is 4.18 Å². The van der Waals surface area contributed by atoms with Crippen LogP contribution in [0.25, 0.3) is 0 Å². The highest BCUT2D eigenvalue weighted by atomic mass is 32.2. The minimum Gasteiger partial charge on any atom is -0.444 e. The van der Waals surface area contributed by atoms with E-state index < -0.39 is 42.3 Å². The highest BCUT2D eigenvalue weighted by Crippen LogP contribution is 2.37. The Hall–Kier alpha value is -1.42. The smallest absolute Gasteiger partial charge is 0.407 e. The molecule has 0 heterocycles. The van der Waals surface area contributed by atoms with Crippen molar-refractivity contribution in [3.63, 3.8) is 0 Å². The number of rotatable bonds is 11. The van der Waals surface area contributed by atoms with Gasteiger partial charge in [0, 0.05) is 6.61 Å². The topological polar surface area (TPSA) is 90.9 Å². The maximum absolute atomic E-state index is 12.6. The first-order valence-corrected chi connectivity index (χ1v) is 16.6. The number of hydrogen-bond acceptors (Lipinski definition) is 6. The Morgan fingerprint density at radius 2 is 1.62 bits per heavy atom. The molecule has 0 aliphatic heterocycles. The summed E-state index contributed by atoms with van der Waals surface area (Å²) in [4.78, 5) is 12.6. The van der Waals surface area contributed by atoms with Crippen molar-refractivity contribution in [2.75, 3.05) is 12.9 Å². The summed E-state index contributed by atoms with van der Waals surface area (Å²) < 4.78 is 41.6. The van der Waals surface area contributed by atoms with Gasteiger partial charge in [0.15, 0.2) is 8.32 Å². The fourth-order valence-corrected chi connectivity index (χ4v) is 4.93. The van der Waals surface area contributed by atoms with Crippen LogP contribution < -0.4 is 5.32 Å². The molecule has 0 aliphatic rings. The third-order valence-electron chi connectivity index (χ3n) is 5.92. The minimum absolute atomic E-state index is 0.0135. The van der Waals surface area contributed by atoms with Gasteiger partial charge < -0.3 is 14.5 Å². The van der Waals surface area contributed by atoms with Gasteiger partial charge in [0.25, 0.3) is 10.1 Å². The largest absolute Gasteiger partial charge is 0.444 e. The van der Waals surface area contributed by atoms with Crippen molar-refractivity contribution in [3.8, 4) is 0 Å². The van der Waals surface area contributed by atoms with E-state index in [1.807, 2.05) is 37.3 Å². The van der Waals surface area contributed by atoms with E-state index in [9.17, 15) is 13.2 Å². The summed E-state index contributed by atoms with van der Waals surface area (Å²) in [6.07, 6.45) is 0.441. The van der Waals surface area contributed by atoms with Gasteiger partial charge in [0.2, 0.25) is 0 Å². The molecule has 34 heavy (non-hydrogen) atoms. The number of carbonyl (C=O) groups excluding carboxylic acids is 1. The molecule has 1 aromatic carbocycles. The molecule has 0 bridgehead atoms. The Morgan fingerprint density at radius 3 is 2.09 bits per heavy atom. The number of carbonyl (C=O) groups is 1. The molecule has 2 unspecified atom stereocenters. The molecule has 9 heteroatoms. The lowest BCUT2D eigenvalue weighted by Gasteiger charge is -2.37. The Kier molecular flexibility index (Phi) is 10.8. The lowest BCUT2D eigenvalue weighted by molar-refractivity contribution is 0.0424. The molecule has 1 aromatic rings. The van der Waals surface area contributed by atoms with Crippen LogP contribution in [0.3, 0.4) is 0 Å². The molecule has 7 nitrogen and oxygen atoms in total. The van der Waals surface area contributed by atoms with Gasteiger partial charge in [-0.2, -0.15) is 8.42 Å². The number of hydrogen-bond donors (Lipinski definition) is 1. The number of ether oxygens (including phenoxy) is 1. The lowest BCUT2D eigenvalue weighted by Crippen LogP contribution is -2.49. The molecule has 196 valence electrons. The monoisotopic (exact) mass is 515 g/mol. The molecular formula is C25H45NO6SSi. The summed E-state index contributed by atoms with van der Waals surface area (Å²) in [5, 5.41) is 2.94. The molecule has 0 radical (unpaired) electrons. The standard InChI is InChI=1S/C25H45NO6SSi/c1-19(18-30-34(9,10)25(5,6)7)16-22(32-33(8,28)29)21(17-20-14-12-11-13-15-20)26-23(27)31-24(2,3)4/h11-15,19,21-22H,16-18H2,1-10H3,(H,26,27)/t19?,21?,22-/m1/s1. The van der Waals surface area contributed by atoms with Crippen LogP contribution in [0.4, 0.5) is 4.79 Å². The third kappa shape index (κ3) is 11.8. The first-order chi connectivity index (χ1) is 15.3. The SMILES string of the molecule is CC(CO[Si](C)(C)C(C)(C)C)C[C@@H](OS(C)(=O)=O)C(Cc1ccccc1)NC(=O)OC(C)(C)C. The van der Waals surface area contributed by atoms with Gasteiger partial charge in [-0.25, -0.2) is 4.79 Å². The summed E-state index contributed by atoms with van der Waals surface area (Å²) in [7, 11) is -5.72. The Bertz CT molecular complexity index is 875. The van der Waals surface area contributed by atoms with E-state index >= 15 is 0 Å². The number of benzene rings is 1. The zero-order valence-corrected chi connectivity index (χ0v) is 24.4. The van der Waals surface area contributed by atoms with Gasteiger partial charge in [-0.05, 0) is 63.2 Å². The van der Waals surface area contributed by atoms with Crippen LogP contribution in [0.1, 0.15) is 60.5 Å². The van der Waals surface area contributed by atoms with Crippen LogP contribution in [0.15, 0.2) is 30.3 Å². The summed E-state index contributed by atoms with van der Waals surface area (Å²) in [6.45, 7) is 18.8. The van der Waals surface area contributed by atoms with Crippen molar-refractivity contribution in [1.29, 1.82) is 0 Å². The summed E-state index contributed by atoms with van der Waals surface area (Å²) in [5.74, 6) is 0.0135. The van der Waals surface area contributed by atoms with E-state index in [0.717, 1.165) is 11.8 Å². The molecule has 0 saturated carbocycles. The fraction of sp³-hybridized carbons (Fsp3) is 0.720. The van der Waals surface area contributed by atoms with Gasteiger partial charge in [0.1, 0.15) is 5.60 Å². The Morgan fingerprint density at radius 1 is 1.06 bits per heavy atom. The highest BCUT2D eigenvalue weighted by molar-refractivity contribution is 7.86. The van der Waals surface area contributed by atoms with E-state index in [2.05, 4.69) is 39.2 Å². The van der Waals surface area contributed by atoms with E-state index in [1.165, 1.54) is 0 Å². The number of amides is 1. The molecule has 1 N–H and O–H groups in total. The average Bonchev–Trinajstić information content (AvgIpc) is 2.63. The summed E-state index contributed by atoms with van der Waals surface area (Å²) >= 11 is 0. The highest BCUT2D eigenvalue weighted by Gasteiger charge is 2.38. The Labute approximate surface area is 208 Å². The van der Waals surface area contributed by atoms with Crippen LogP contribution in [0, 0.1) is 5.92 Å². The van der Waals surface area contributed by atoms with Crippen molar-refractivity contribution in [3.05, 3.63) is 35.9 Å². The Balaban J connectivity index is 3.13. The van der Waals surface area contributed by atoms with Crippen LogP contribution in [-0.4, -0.2) is 53.4 Å². The van der Waals surface area contributed by atoms with Gasteiger partial charge in [-0.1, -0.05) is 58.0 Å². The minimum atomic E-state index is -3.77. The predicted molar refractivity (Wildman–Crippen MR) is 140 cm³/mol. The van der Waals surface area contributed by atoms with Crippen LogP contribution >= 0.6 is 0 Å². The van der Waals surface area contributed by atoms with Crippen molar-refractivity contribution in [2.24, 2.45) is 5.92 Å². The molecule has 0 aliphatic carbocycles. The van der Waals surface area contributed by atoms with Gasteiger partial charge in [0.05, 0.1) is 18.4 Å². The first kappa shape index (κ1) is 30.6. The predicted octanol–water partition coefficient (Wildman–Crippen LogP) is 5.52. The second-order valence-corrected chi connectivity index (χ2v) is 18.1. The quantitative estimate of drug-likeness (QED) is 0.308. The average molecular weight is 516 g/mol. The first-order valence-electron chi connectivity index (χ1n) is 11.8. The van der Waals surface area contributed by atoms with E-state index in [1.54, 1.807) is 20.8 Å². The molecule has 3 atom stereocenters. The second kappa shape index (κ2) is 12.0. The normalized spacial score (nSPS) is 15.9. The van der Waals surface area contributed by atoms with Crippen molar-refractivity contribution >= 4 is 24.5 Å². The summed E-state index contributed by atoms with van der Waals surface area (Å²) in [6, 6.07) is 8.98.